The number of carbonyl (C=O) groups excluding carboxylic acids is 1. The number of likely N-dealkylation sites (tertiary alicyclic amines) is 1. The van der Waals surface area contributed by atoms with E-state index in [9.17, 15) is 4.79 Å². The molecule has 3 rings (SSSR count). The monoisotopic (exact) mass is 344 g/mol. The van der Waals surface area contributed by atoms with Crippen LogP contribution in [0.2, 0.25) is 0 Å². The lowest BCUT2D eigenvalue weighted by Crippen LogP contribution is -2.42. The van der Waals surface area contributed by atoms with Gasteiger partial charge in [-0.15, -0.1) is 11.3 Å². The van der Waals surface area contributed by atoms with Gasteiger partial charge in [0.1, 0.15) is 0 Å². The second-order valence-electron chi connectivity index (χ2n) is 6.31. The molecule has 0 aromatic carbocycles. The Morgan fingerprint density at radius 3 is 2.88 bits per heavy atom. The summed E-state index contributed by atoms with van der Waals surface area (Å²) >= 11 is 1.73. The molecule has 2 amide bonds. The number of hydrogen-bond acceptors (Lipinski definition) is 4. The number of nitrogens with zero attached hydrogens (tertiary/aromatic N) is 3. The molecule has 0 saturated carbocycles. The normalized spacial score (nSPS) is 18.8. The molecule has 0 aliphatic carbocycles. The number of urea groups is 1. The summed E-state index contributed by atoms with van der Waals surface area (Å²) in [5, 5.41) is 5.21. The van der Waals surface area contributed by atoms with Gasteiger partial charge in [0.25, 0.3) is 0 Å². The van der Waals surface area contributed by atoms with Gasteiger partial charge in [-0.3, -0.25) is 4.98 Å². The van der Waals surface area contributed by atoms with Gasteiger partial charge in [0.15, 0.2) is 0 Å². The first kappa shape index (κ1) is 16.9. The van der Waals surface area contributed by atoms with Crippen LogP contribution in [0, 0.1) is 0 Å². The number of aromatic nitrogens is 1. The Morgan fingerprint density at radius 1 is 1.42 bits per heavy atom. The van der Waals surface area contributed by atoms with Crippen LogP contribution in [0.25, 0.3) is 0 Å². The minimum Gasteiger partial charge on any atom is -0.336 e. The van der Waals surface area contributed by atoms with Crippen LogP contribution in [-0.4, -0.2) is 48.0 Å². The molecule has 0 bridgehead atoms. The topological polar surface area (TPSA) is 48.5 Å². The van der Waals surface area contributed by atoms with Crippen molar-refractivity contribution in [2.75, 3.05) is 27.2 Å². The first-order valence-corrected chi connectivity index (χ1v) is 9.19. The number of amides is 2. The Hall–Kier alpha value is -1.92. The van der Waals surface area contributed by atoms with Gasteiger partial charge < -0.3 is 15.1 Å². The lowest BCUT2D eigenvalue weighted by Gasteiger charge is -2.28. The third-order valence-corrected chi connectivity index (χ3v) is 5.52. The van der Waals surface area contributed by atoms with E-state index in [1.54, 1.807) is 23.7 Å². The Balaban J connectivity index is 1.64. The van der Waals surface area contributed by atoms with Crippen LogP contribution in [0.4, 0.5) is 4.79 Å². The second kappa shape index (κ2) is 7.77. The summed E-state index contributed by atoms with van der Waals surface area (Å²) < 4.78 is 0. The molecule has 5 nitrogen and oxygen atoms in total. The van der Waals surface area contributed by atoms with Crippen molar-refractivity contribution in [2.45, 2.75) is 24.9 Å². The van der Waals surface area contributed by atoms with Crippen LogP contribution in [0.5, 0.6) is 0 Å². The zero-order valence-corrected chi connectivity index (χ0v) is 15.0. The van der Waals surface area contributed by atoms with Crippen molar-refractivity contribution in [3.8, 4) is 0 Å². The third-order valence-electron chi connectivity index (χ3n) is 4.55. The van der Waals surface area contributed by atoms with Gasteiger partial charge in [-0.25, -0.2) is 4.79 Å². The maximum absolute atomic E-state index is 12.7. The van der Waals surface area contributed by atoms with E-state index in [1.165, 1.54) is 10.4 Å². The minimum atomic E-state index is 0.0257. The lowest BCUT2D eigenvalue weighted by molar-refractivity contribution is 0.188. The number of hydrogen-bond donors (Lipinski definition) is 1. The Bertz CT molecular complexity index is 644. The molecule has 2 unspecified atom stereocenters. The van der Waals surface area contributed by atoms with Crippen molar-refractivity contribution in [3.05, 3.63) is 52.5 Å². The molecule has 1 aliphatic heterocycles. The van der Waals surface area contributed by atoms with Gasteiger partial charge in [-0.1, -0.05) is 6.07 Å². The van der Waals surface area contributed by atoms with Crippen LogP contribution in [0.3, 0.4) is 0 Å². The van der Waals surface area contributed by atoms with E-state index in [0.717, 1.165) is 19.4 Å². The number of rotatable bonds is 5. The average molecular weight is 344 g/mol. The van der Waals surface area contributed by atoms with E-state index in [4.69, 9.17) is 0 Å². The summed E-state index contributed by atoms with van der Waals surface area (Å²) in [6.45, 7) is 1.43. The van der Waals surface area contributed by atoms with Gasteiger partial charge in [-0.05, 0) is 56.1 Å². The van der Waals surface area contributed by atoms with E-state index in [1.807, 2.05) is 31.1 Å². The molecule has 0 spiro atoms. The standard InChI is InChI=1S/C18H24N4OS/c1-21(2)16(17-6-4-12-24-17)13-20-18(23)22-11-3-5-15(22)14-7-9-19-10-8-14/h4,6-10,12,15-16H,3,5,11,13H2,1-2H3,(H,20,23). The number of carbonyl (C=O) groups is 1. The van der Waals surface area contributed by atoms with Gasteiger partial charge in [0.2, 0.25) is 0 Å². The van der Waals surface area contributed by atoms with E-state index >= 15 is 0 Å². The fraction of sp³-hybridized carbons (Fsp3) is 0.444. The number of likely N-dealkylation sites (N-methyl/N-ethyl adjacent to an activating group) is 1. The number of thiophene rings is 1. The maximum Gasteiger partial charge on any atom is 0.317 e. The summed E-state index contributed by atoms with van der Waals surface area (Å²) in [6.07, 6.45) is 5.65. The summed E-state index contributed by atoms with van der Waals surface area (Å²) in [5.41, 5.74) is 1.17. The molecule has 0 radical (unpaired) electrons. The Morgan fingerprint density at radius 2 is 2.21 bits per heavy atom. The molecule has 2 aromatic heterocycles. The first-order valence-electron chi connectivity index (χ1n) is 8.31. The Labute approximate surface area is 147 Å². The Kier molecular flexibility index (Phi) is 5.48. The summed E-state index contributed by atoms with van der Waals surface area (Å²) in [5.74, 6) is 0. The van der Waals surface area contributed by atoms with E-state index in [0.29, 0.717) is 6.54 Å². The van der Waals surface area contributed by atoms with E-state index in [2.05, 4.69) is 32.7 Å². The predicted molar refractivity (Wildman–Crippen MR) is 97.1 cm³/mol. The molecular formula is C18H24N4OS. The summed E-state index contributed by atoms with van der Waals surface area (Å²) in [6, 6.07) is 8.57. The van der Waals surface area contributed by atoms with Crippen LogP contribution in [-0.2, 0) is 0 Å². The zero-order chi connectivity index (χ0) is 16.9. The summed E-state index contributed by atoms with van der Waals surface area (Å²) in [4.78, 5) is 22.2. The highest BCUT2D eigenvalue weighted by Crippen LogP contribution is 2.31. The first-order chi connectivity index (χ1) is 11.7. The quantitative estimate of drug-likeness (QED) is 0.905. The van der Waals surface area contributed by atoms with Crippen LogP contribution in [0.1, 0.15) is 35.4 Å². The van der Waals surface area contributed by atoms with Crippen molar-refractivity contribution in [1.82, 2.24) is 20.1 Å². The molecule has 2 atom stereocenters. The van der Waals surface area contributed by atoms with E-state index in [-0.39, 0.29) is 18.1 Å². The van der Waals surface area contributed by atoms with Crippen LogP contribution >= 0.6 is 11.3 Å². The van der Waals surface area contributed by atoms with Gasteiger partial charge in [0, 0.05) is 30.4 Å². The van der Waals surface area contributed by atoms with Crippen LogP contribution in [0.15, 0.2) is 42.0 Å². The molecule has 1 saturated heterocycles. The highest BCUT2D eigenvalue weighted by atomic mass is 32.1. The SMILES string of the molecule is CN(C)C(CNC(=O)N1CCCC1c1ccncc1)c1cccs1. The van der Waals surface area contributed by atoms with Crippen molar-refractivity contribution < 1.29 is 4.79 Å². The second-order valence-corrected chi connectivity index (χ2v) is 7.29. The summed E-state index contributed by atoms with van der Waals surface area (Å²) in [7, 11) is 4.10. The fourth-order valence-corrected chi connectivity index (χ4v) is 4.17. The molecule has 1 N–H and O–H groups in total. The third kappa shape index (κ3) is 3.76. The lowest BCUT2D eigenvalue weighted by atomic mass is 10.1. The predicted octanol–water partition coefficient (Wildman–Crippen LogP) is 3.29. The highest BCUT2D eigenvalue weighted by Gasteiger charge is 2.30. The van der Waals surface area contributed by atoms with Crippen molar-refractivity contribution in [3.63, 3.8) is 0 Å². The van der Waals surface area contributed by atoms with Gasteiger partial charge >= 0.3 is 6.03 Å². The van der Waals surface area contributed by atoms with E-state index < -0.39 is 0 Å². The average Bonchev–Trinajstić information content (AvgIpc) is 3.27. The van der Waals surface area contributed by atoms with Crippen LogP contribution < -0.4 is 5.32 Å². The molecule has 1 fully saturated rings. The molecule has 3 heterocycles. The fourth-order valence-electron chi connectivity index (χ4n) is 3.25. The molecule has 24 heavy (non-hydrogen) atoms. The largest absolute Gasteiger partial charge is 0.336 e. The maximum atomic E-state index is 12.7. The van der Waals surface area contributed by atoms with Crippen molar-refractivity contribution in [2.24, 2.45) is 0 Å². The van der Waals surface area contributed by atoms with Crippen molar-refractivity contribution >= 4 is 17.4 Å². The molecule has 6 heteroatoms. The van der Waals surface area contributed by atoms with Crippen molar-refractivity contribution in [1.29, 1.82) is 0 Å². The highest BCUT2D eigenvalue weighted by molar-refractivity contribution is 7.10. The van der Waals surface area contributed by atoms with Gasteiger partial charge in [0.05, 0.1) is 12.1 Å². The molecule has 2 aromatic rings. The number of nitrogens with one attached hydrogen (secondary N) is 1. The molecule has 128 valence electrons. The molecular weight excluding hydrogens is 320 g/mol. The van der Waals surface area contributed by atoms with Gasteiger partial charge in [-0.2, -0.15) is 0 Å². The number of pyridine rings is 1. The minimum absolute atomic E-state index is 0.0257. The smallest absolute Gasteiger partial charge is 0.317 e. The molecule has 1 aliphatic rings. The zero-order valence-electron chi connectivity index (χ0n) is 14.2.